The molecule has 0 unspecified atom stereocenters. The summed E-state index contributed by atoms with van der Waals surface area (Å²) in [7, 11) is 1.62. The number of carbonyl (C=O) groups is 1. The first-order valence-corrected chi connectivity index (χ1v) is 6.10. The Bertz CT molecular complexity index is 441. The molecule has 1 aliphatic carbocycles. The van der Waals surface area contributed by atoms with E-state index in [2.05, 4.69) is 5.32 Å². The van der Waals surface area contributed by atoms with Crippen molar-refractivity contribution in [3.8, 4) is 5.75 Å². The summed E-state index contributed by atoms with van der Waals surface area (Å²) in [5, 5.41) is 3.60. The summed E-state index contributed by atoms with van der Waals surface area (Å²) >= 11 is 6.06. The van der Waals surface area contributed by atoms with Crippen LogP contribution in [0.1, 0.15) is 24.0 Å². The summed E-state index contributed by atoms with van der Waals surface area (Å²) in [6.45, 7) is 2.40. The lowest BCUT2D eigenvalue weighted by Crippen LogP contribution is -2.24. The van der Waals surface area contributed by atoms with Gasteiger partial charge in [-0.05, 0) is 37.5 Å². The Morgan fingerprint density at radius 2 is 2.24 bits per heavy atom. The Morgan fingerprint density at radius 1 is 1.53 bits per heavy atom. The number of hydrogen-bond donors (Lipinski definition) is 1. The molecule has 0 aliphatic heterocycles. The first-order chi connectivity index (χ1) is 8.11. The highest BCUT2D eigenvalue weighted by Gasteiger charge is 2.29. The quantitative estimate of drug-likeness (QED) is 0.896. The van der Waals surface area contributed by atoms with Crippen LogP contribution in [0, 0.1) is 12.8 Å². The van der Waals surface area contributed by atoms with E-state index in [0.29, 0.717) is 11.6 Å². The molecule has 0 aromatic heterocycles. The Balaban J connectivity index is 2.08. The summed E-state index contributed by atoms with van der Waals surface area (Å²) < 4.78 is 5.28. The molecule has 92 valence electrons. The SMILES string of the molecule is COc1cc(C)c(Cl)cc1CNC(=O)C1CC1. The van der Waals surface area contributed by atoms with E-state index in [-0.39, 0.29) is 11.8 Å². The van der Waals surface area contributed by atoms with E-state index in [4.69, 9.17) is 16.3 Å². The van der Waals surface area contributed by atoms with Crippen LogP contribution in [-0.2, 0) is 11.3 Å². The number of aryl methyl sites for hydroxylation is 1. The Labute approximate surface area is 106 Å². The number of amides is 1. The van der Waals surface area contributed by atoms with E-state index in [1.165, 1.54) is 0 Å². The van der Waals surface area contributed by atoms with Crippen LogP contribution in [0.5, 0.6) is 5.75 Å². The molecule has 2 rings (SSSR count). The number of rotatable bonds is 4. The van der Waals surface area contributed by atoms with Crippen LogP contribution in [0.15, 0.2) is 12.1 Å². The second kappa shape index (κ2) is 4.96. The molecular formula is C13H16ClNO2. The van der Waals surface area contributed by atoms with Crippen LogP contribution in [0.2, 0.25) is 5.02 Å². The predicted octanol–water partition coefficient (Wildman–Crippen LogP) is 2.68. The van der Waals surface area contributed by atoms with Crippen molar-refractivity contribution in [2.75, 3.05) is 7.11 Å². The second-order valence-corrected chi connectivity index (χ2v) is 4.81. The molecular weight excluding hydrogens is 238 g/mol. The lowest BCUT2D eigenvalue weighted by molar-refractivity contribution is -0.122. The molecule has 4 heteroatoms. The van der Waals surface area contributed by atoms with Gasteiger partial charge in [-0.15, -0.1) is 0 Å². The van der Waals surface area contributed by atoms with Crippen molar-refractivity contribution < 1.29 is 9.53 Å². The maximum Gasteiger partial charge on any atom is 0.223 e. The standard InChI is InChI=1S/C13H16ClNO2/c1-8-5-12(17-2)10(6-11(8)14)7-15-13(16)9-3-4-9/h5-6,9H,3-4,7H2,1-2H3,(H,15,16). The van der Waals surface area contributed by atoms with Gasteiger partial charge in [0.25, 0.3) is 0 Å². The summed E-state index contributed by atoms with van der Waals surface area (Å²) in [5.74, 6) is 1.12. The van der Waals surface area contributed by atoms with E-state index in [1.54, 1.807) is 7.11 Å². The van der Waals surface area contributed by atoms with E-state index in [1.807, 2.05) is 19.1 Å². The molecule has 0 radical (unpaired) electrons. The van der Waals surface area contributed by atoms with Gasteiger partial charge < -0.3 is 10.1 Å². The fourth-order valence-electron chi connectivity index (χ4n) is 1.70. The maximum atomic E-state index is 11.5. The zero-order valence-electron chi connectivity index (χ0n) is 10.0. The van der Waals surface area contributed by atoms with E-state index in [9.17, 15) is 4.79 Å². The van der Waals surface area contributed by atoms with Crippen molar-refractivity contribution in [1.29, 1.82) is 0 Å². The maximum absolute atomic E-state index is 11.5. The lowest BCUT2D eigenvalue weighted by atomic mass is 10.1. The van der Waals surface area contributed by atoms with E-state index < -0.39 is 0 Å². The molecule has 1 aliphatic rings. The smallest absolute Gasteiger partial charge is 0.223 e. The van der Waals surface area contributed by atoms with Gasteiger partial charge in [0.2, 0.25) is 5.91 Å². The number of benzene rings is 1. The molecule has 1 fully saturated rings. The summed E-state index contributed by atoms with van der Waals surface area (Å²) in [6, 6.07) is 3.74. The van der Waals surface area contributed by atoms with Gasteiger partial charge in [-0.25, -0.2) is 0 Å². The number of halogens is 1. The van der Waals surface area contributed by atoms with Crippen molar-refractivity contribution in [3.63, 3.8) is 0 Å². The van der Waals surface area contributed by atoms with Crippen LogP contribution in [0.4, 0.5) is 0 Å². The van der Waals surface area contributed by atoms with Gasteiger partial charge in [0.05, 0.1) is 7.11 Å². The van der Waals surface area contributed by atoms with Crippen LogP contribution < -0.4 is 10.1 Å². The van der Waals surface area contributed by atoms with Crippen molar-refractivity contribution in [3.05, 3.63) is 28.3 Å². The normalized spacial score (nSPS) is 14.5. The van der Waals surface area contributed by atoms with Crippen LogP contribution >= 0.6 is 11.6 Å². The van der Waals surface area contributed by atoms with Crippen molar-refractivity contribution in [2.24, 2.45) is 5.92 Å². The van der Waals surface area contributed by atoms with E-state index >= 15 is 0 Å². The zero-order chi connectivity index (χ0) is 12.4. The van der Waals surface area contributed by atoms with E-state index in [0.717, 1.165) is 29.7 Å². The monoisotopic (exact) mass is 253 g/mol. The topological polar surface area (TPSA) is 38.3 Å². The predicted molar refractivity (Wildman–Crippen MR) is 67.3 cm³/mol. The van der Waals surface area contributed by atoms with Gasteiger partial charge in [-0.3, -0.25) is 4.79 Å². The Morgan fingerprint density at radius 3 is 2.82 bits per heavy atom. The Kier molecular flexibility index (Phi) is 3.57. The number of nitrogens with one attached hydrogen (secondary N) is 1. The molecule has 0 heterocycles. The molecule has 1 aromatic carbocycles. The minimum atomic E-state index is 0.128. The van der Waals surface area contributed by atoms with Gasteiger partial charge in [0.1, 0.15) is 5.75 Å². The second-order valence-electron chi connectivity index (χ2n) is 4.41. The average Bonchev–Trinajstić information content (AvgIpc) is 3.13. The van der Waals surface area contributed by atoms with Gasteiger partial charge >= 0.3 is 0 Å². The van der Waals surface area contributed by atoms with Crippen LogP contribution in [0.3, 0.4) is 0 Å². The third kappa shape index (κ3) is 2.91. The van der Waals surface area contributed by atoms with Crippen LogP contribution in [-0.4, -0.2) is 13.0 Å². The van der Waals surface area contributed by atoms with Gasteiger partial charge in [0, 0.05) is 23.0 Å². The molecule has 1 aromatic rings. The molecule has 1 saturated carbocycles. The third-order valence-corrected chi connectivity index (χ3v) is 3.37. The Hall–Kier alpha value is -1.22. The first-order valence-electron chi connectivity index (χ1n) is 5.72. The van der Waals surface area contributed by atoms with Crippen molar-refractivity contribution in [2.45, 2.75) is 26.3 Å². The molecule has 1 N–H and O–H groups in total. The largest absolute Gasteiger partial charge is 0.496 e. The number of ether oxygens (including phenoxy) is 1. The molecule has 0 saturated heterocycles. The molecule has 0 bridgehead atoms. The number of methoxy groups -OCH3 is 1. The lowest BCUT2D eigenvalue weighted by Gasteiger charge is -2.11. The van der Waals surface area contributed by atoms with Crippen molar-refractivity contribution >= 4 is 17.5 Å². The molecule has 1 amide bonds. The highest BCUT2D eigenvalue weighted by molar-refractivity contribution is 6.31. The average molecular weight is 254 g/mol. The summed E-state index contributed by atoms with van der Waals surface area (Å²) in [6.07, 6.45) is 2.02. The minimum Gasteiger partial charge on any atom is -0.496 e. The fourth-order valence-corrected chi connectivity index (χ4v) is 1.88. The highest BCUT2D eigenvalue weighted by atomic mass is 35.5. The molecule has 0 atom stereocenters. The number of hydrogen-bond acceptors (Lipinski definition) is 2. The number of carbonyl (C=O) groups excluding carboxylic acids is 1. The molecule has 3 nitrogen and oxygen atoms in total. The third-order valence-electron chi connectivity index (χ3n) is 2.96. The van der Waals surface area contributed by atoms with Gasteiger partial charge in [-0.2, -0.15) is 0 Å². The zero-order valence-corrected chi connectivity index (χ0v) is 10.8. The summed E-state index contributed by atoms with van der Waals surface area (Å²) in [4.78, 5) is 11.5. The summed E-state index contributed by atoms with van der Waals surface area (Å²) in [5.41, 5.74) is 1.89. The van der Waals surface area contributed by atoms with Gasteiger partial charge in [-0.1, -0.05) is 11.6 Å². The minimum absolute atomic E-state index is 0.128. The molecule has 17 heavy (non-hydrogen) atoms. The van der Waals surface area contributed by atoms with Crippen LogP contribution in [0.25, 0.3) is 0 Å². The molecule has 0 spiro atoms. The highest BCUT2D eigenvalue weighted by Crippen LogP contribution is 2.30. The fraction of sp³-hybridized carbons (Fsp3) is 0.462. The van der Waals surface area contributed by atoms with Crippen molar-refractivity contribution in [1.82, 2.24) is 5.32 Å². The van der Waals surface area contributed by atoms with Gasteiger partial charge in [0.15, 0.2) is 0 Å². The first kappa shape index (κ1) is 12.2.